The molecule has 0 saturated carbocycles. The number of carbonyl (C=O) groups is 1. The number of anilines is 1. The number of rotatable bonds is 5. The van der Waals surface area contributed by atoms with E-state index in [1.165, 1.54) is 10.8 Å². The maximum atomic E-state index is 12.4. The smallest absolute Gasteiger partial charge is 0.242 e. The number of benzene rings is 2. The number of nitrogens with zero attached hydrogens (tertiary/aromatic N) is 4. The van der Waals surface area contributed by atoms with E-state index >= 15 is 0 Å². The SMILES string of the molecule is CN(Cc1ccc2ccccc2c1)C(=O)CN(C)c1cnccn1. The highest BCUT2D eigenvalue weighted by atomic mass is 16.2. The molecule has 0 spiro atoms. The number of carbonyl (C=O) groups excluding carboxylic acids is 1. The van der Waals surface area contributed by atoms with Crippen molar-refractivity contribution >= 4 is 22.5 Å². The predicted octanol–water partition coefficient (Wildman–Crippen LogP) is 2.72. The van der Waals surface area contributed by atoms with Crippen molar-refractivity contribution in [2.45, 2.75) is 6.54 Å². The number of aromatic nitrogens is 2. The molecule has 1 aromatic heterocycles. The lowest BCUT2D eigenvalue weighted by atomic mass is 10.1. The molecular formula is C19H20N4O. The molecule has 1 amide bonds. The summed E-state index contributed by atoms with van der Waals surface area (Å²) in [6, 6.07) is 14.5. The molecule has 0 radical (unpaired) electrons. The van der Waals surface area contributed by atoms with Gasteiger partial charge in [0.25, 0.3) is 0 Å². The van der Waals surface area contributed by atoms with Gasteiger partial charge >= 0.3 is 0 Å². The summed E-state index contributed by atoms with van der Waals surface area (Å²) in [5.74, 6) is 0.723. The van der Waals surface area contributed by atoms with Crippen LogP contribution < -0.4 is 4.90 Å². The van der Waals surface area contributed by atoms with Gasteiger partial charge < -0.3 is 9.80 Å². The molecule has 0 unspecified atom stereocenters. The largest absolute Gasteiger partial charge is 0.349 e. The highest BCUT2D eigenvalue weighted by Gasteiger charge is 2.13. The zero-order valence-electron chi connectivity index (χ0n) is 13.9. The molecule has 1 heterocycles. The van der Waals surface area contributed by atoms with Gasteiger partial charge in [-0.1, -0.05) is 36.4 Å². The van der Waals surface area contributed by atoms with Crippen LogP contribution in [0.25, 0.3) is 10.8 Å². The van der Waals surface area contributed by atoms with Crippen molar-refractivity contribution in [2.24, 2.45) is 0 Å². The lowest BCUT2D eigenvalue weighted by Crippen LogP contribution is -2.36. The topological polar surface area (TPSA) is 49.3 Å². The van der Waals surface area contributed by atoms with Crippen molar-refractivity contribution in [1.29, 1.82) is 0 Å². The summed E-state index contributed by atoms with van der Waals surface area (Å²) in [6.07, 6.45) is 4.89. The summed E-state index contributed by atoms with van der Waals surface area (Å²) in [4.78, 5) is 24.2. The van der Waals surface area contributed by atoms with Crippen molar-refractivity contribution in [3.8, 4) is 0 Å². The standard InChI is InChI=1S/C19H20N4O/c1-22(18-12-20-9-10-21-18)14-19(24)23(2)13-15-7-8-16-5-3-4-6-17(16)11-15/h3-12H,13-14H2,1-2H3. The van der Waals surface area contributed by atoms with Crippen molar-refractivity contribution in [1.82, 2.24) is 14.9 Å². The third-order valence-electron chi connectivity index (χ3n) is 3.97. The average Bonchev–Trinajstić information content (AvgIpc) is 2.62. The summed E-state index contributed by atoms with van der Waals surface area (Å²) < 4.78 is 0. The zero-order valence-corrected chi connectivity index (χ0v) is 13.9. The van der Waals surface area contributed by atoms with Gasteiger partial charge in [0.1, 0.15) is 5.82 Å². The Hall–Kier alpha value is -2.95. The van der Waals surface area contributed by atoms with Gasteiger partial charge in [0, 0.05) is 33.0 Å². The van der Waals surface area contributed by atoms with Gasteiger partial charge in [-0.2, -0.15) is 0 Å². The Balaban J connectivity index is 1.64. The molecular weight excluding hydrogens is 300 g/mol. The Morgan fingerprint density at radius 3 is 2.58 bits per heavy atom. The lowest BCUT2D eigenvalue weighted by Gasteiger charge is -2.22. The van der Waals surface area contributed by atoms with Crippen LogP contribution >= 0.6 is 0 Å². The Kier molecular flexibility index (Phi) is 4.70. The van der Waals surface area contributed by atoms with Gasteiger partial charge in [0.05, 0.1) is 12.7 Å². The van der Waals surface area contributed by atoms with Crippen LogP contribution in [0.5, 0.6) is 0 Å². The van der Waals surface area contributed by atoms with Crippen LogP contribution in [0.3, 0.4) is 0 Å². The van der Waals surface area contributed by atoms with Crippen LogP contribution in [0, 0.1) is 0 Å². The van der Waals surface area contributed by atoms with Crippen LogP contribution in [0.4, 0.5) is 5.82 Å². The summed E-state index contributed by atoms with van der Waals surface area (Å²) in [6.45, 7) is 0.848. The molecule has 3 aromatic rings. The van der Waals surface area contributed by atoms with E-state index in [0.29, 0.717) is 12.4 Å². The monoisotopic (exact) mass is 320 g/mol. The molecule has 0 atom stereocenters. The number of fused-ring (bicyclic) bond motifs is 1. The maximum Gasteiger partial charge on any atom is 0.242 e. The van der Waals surface area contributed by atoms with Crippen molar-refractivity contribution in [3.63, 3.8) is 0 Å². The van der Waals surface area contributed by atoms with E-state index in [0.717, 1.165) is 5.56 Å². The van der Waals surface area contributed by atoms with Crippen molar-refractivity contribution in [2.75, 3.05) is 25.5 Å². The zero-order chi connectivity index (χ0) is 16.9. The highest BCUT2D eigenvalue weighted by molar-refractivity contribution is 5.83. The van der Waals surface area contributed by atoms with Crippen LogP contribution in [-0.4, -0.2) is 41.4 Å². The van der Waals surface area contributed by atoms with E-state index in [-0.39, 0.29) is 12.5 Å². The normalized spacial score (nSPS) is 10.6. The molecule has 0 aliphatic rings. The fourth-order valence-corrected chi connectivity index (χ4v) is 2.59. The van der Waals surface area contributed by atoms with Crippen LogP contribution in [0.15, 0.2) is 61.1 Å². The second kappa shape index (κ2) is 7.08. The summed E-state index contributed by atoms with van der Waals surface area (Å²) in [5, 5.41) is 2.39. The Labute approximate surface area is 141 Å². The molecule has 0 aliphatic carbocycles. The van der Waals surface area contributed by atoms with Crippen molar-refractivity contribution in [3.05, 3.63) is 66.6 Å². The third kappa shape index (κ3) is 3.68. The first-order valence-corrected chi connectivity index (χ1v) is 7.82. The fourth-order valence-electron chi connectivity index (χ4n) is 2.59. The minimum absolute atomic E-state index is 0.0383. The van der Waals surface area contributed by atoms with Crippen LogP contribution in [-0.2, 0) is 11.3 Å². The van der Waals surface area contributed by atoms with Gasteiger partial charge in [0.15, 0.2) is 0 Å². The van der Waals surface area contributed by atoms with E-state index in [4.69, 9.17) is 0 Å². The first-order valence-electron chi connectivity index (χ1n) is 7.82. The Morgan fingerprint density at radius 2 is 1.83 bits per heavy atom. The molecule has 122 valence electrons. The molecule has 24 heavy (non-hydrogen) atoms. The van der Waals surface area contributed by atoms with E-state index in [1.54, 1.807) is 28.4 Å². The van der Waals surface area contributed by atoms with Gasteiger partial charge in [-0.05, 0) is 22.4 Å². The van der Waals surface area contributed by atoms with Gasteiger partial charge in [-0.25, -0.2) is 4.98 Å². The summed E-state index contributed by atoms with van der Waals surface area (Å²) in [7, 11) is 3.66. The molecule has 3 rings (SSSR count). The molecule has 0 saturated heterocycles. The van der Waals surface area contributed by atoms with E-state index in [1.807, 2.05) is 26.2 Å². The Morgan fingerprint density at radius 1 is 1.04 bits per heavy atom. The molecule has 2 aromatic carbocycles. The molecule has 0 aliphatic heterocycles. The number of likely N-dealkylation sites (N-methyl/N-ethyl adjacent to an activating group) is 2. The minimum atomic E-state index is 0.0383. The maximum absolute atomic E-state index is 12.4. The predicted molar refractivity (Wildman–Crippen MR) is 95.7 cm³/mol. The summed E-state index contributed by atoms with van der Waals surface area (Å²) >= 11 is 0. The minimum Gasteiger partial charge on any atom is -0.349 e. The second-order valence-electron chi connectivity index (χ2n) is 5.85. The molecule has 5 heteroatoms. The number of hydrogen-bond acceptors (Lipinski definition) is 4. The van der Waals surface area contributed by atoms with Gasteiger partial charge in [0.2, 0.25) is 5.91 Å². The molecule has 5 nitrogen and oxygen atoms in total. The second-order valence-corrected chi connectivity index (χ2v) is 5.85. The van der Waals surface area contributed by atoms with Crippen LogP contribution in [0.1, 0.15) is 5.56 Å². The Bertz CT molecular complexity index is 835. The van der Waals surface area contributed by atoms with Crippen molar-refractivity contribution < 1.29 is 4.79 Å². The van der Waals surface area contributed by atoms with Gasteiger partial charge in [-0.15, -0.1) is 0 Å². The fraction of sp³-hybridized carbons (Fsp3) is 0.211. The summed E-state index contributed by atoms with van der Waals surface area (Å²) in [5.41, 5.74) is 1.12. The first-order chi connectivity index (χ1) is 11.6. The van der Waals surface area contributed by atoms with Crippen LogP contribution in [0.2, 0.25) is 0 Å². The third-order valence-corrected chi connectivity index (χ3v) is 3.97. The number of hydrogen-bond donors (Lipinski definition) is 0. The molecule has 0 N–H and O–H groups in total. The highest BCUT2D eigenvalue weighted by Crippen LogP contribution is 2.16. The first kappa shape index (κ1) is 15.9. The van der Waals surface area contributed by atoms with E-state index < -0.39 is 0 Å². The lowest BCUT2D eigenvalue weighted by molar-refractivity contribution is -0.128. The molecule has 0 fully saturated rings. The number of amides is 1. The quantitative estimate of drug-likeness (QED) is 0.725. The molecule has 0 bridgehead atoms. The van der Waals surface area contributed by atoms with Gasteiger partial charge in [-0.3, -0.25) is 9.78 Å². The van der Waals surface area contributed by atoms with E-state index in [9.17, 15) is 4.79 Å². The average molecular weight is 320 g/mol. The van der Waals surface area contributed by atoms with E-state index in [2.05, 4.69) is 40.3 Å².